The van der Waals surface area contributed by atoms with Crippen molar-refractivity contribution in [1.29, 1.82) is 0 Å². The topological polar surface area (TPSA) is 159 Å². The van der Waals surface area contributed by atoms with E-state index in [4.69, 9.17) is 14.6 Å². The highest BCUT2D eigenvalue weighted by Crippen LogP contribution is 2.18. The van der Waals surface area contributed by atoms with Gasteiger partial charge in [0, 0.05) is 18.8 Å². The van der Waals surface area contributed by atoms with Crippen LogP contribution in [-0.4, -0.2) is 51.4 Å². The van der Waals surface area contributed by atoms with E-state index in [-0.39, 0.29) is 24.1 Å². The fourth-order valence-electron chi connectivity index (χ4n) is 2.43. The molecule has 0 saturated heterocycles. The molecule has 0 atom stereocenters. The summed E-state index contributed by atoms with van der Waals surface area (Å²) in [6.45, 7) is 6.57. The largest absolute Gasteiger partial charge is 0.487 e. The maximum Gasteiger partial charge on any atom is 0.439 e. The van der Waals surface area contributed by atoms with Crippen molar-refractivity contribution >= 4 is 40.6 Å². The van der Waals surface area contributed by atoms with Gasteiger partial charge in [-0.2, -0.15) is 0 Å². The molecule has 1 aromatic carbocycles. The lowest BCUT2D eigenvalue weighted by Crippen LogP contribution is -2.54. The van der Waals surface area contributed by atoms with Crippen LogP contribution < -0.4 is 20.8 Å². The lowest BCUT2D eigenvalue weighted by molar-refractivity contribution is -0.114. The monoisotopic (exact) mass is 493 g/mol. The Labute approximate surface area is 200 Å². The second-order valence-corrected chi connectivity index (χ2v) is 8.83. The van der Waals surface area contributed by atoms with Crippen molar-refractivity contribution in [3.05, 3.63) is 40.9 Å². The number of urea groups is 1. The first kappa shape index (κ1) is 26.4. The number of nitrogens with zero attached hydrogens (tertiary/aromatic N) is 2. The van der Waals surface area contributed by atoms with E-state index in [9.17, 15) is 19.2 Å². The number of aromatic nitrogens is 1. The number of hydrogen-bond donors (Lipinski definition) is 4. The summed E-state index contributed by atoms with van der Waals surface area (Å²) < 4.78 is 10.6. The molecule has 34 heavy (non-hydrogen) atoms. The van der Waals surface area contributed by atoms with Crippen molar-refractivity contribution in [3.8, 4) is 5.75 Å². The maximum absolute atomic E-state index is 12.0. The van der Waals surface area contributed by atoms with Crippen LogP contribution in [0.4, 0.5) is 19.5 Å². The SMILES string of the molecule is CC(=O)Nc1nc(COc2ccc(CCNC(=O)NN(C(=O)O)C(=O)OC(C)(C)C)cc2)cs1. The Kier molecular flexibility index (Phi) is 9.18. The minimum atomic E-state index is -1.68. The van der Waals surface area contributed by atoms with Gasteiger partial charge in [-0.05, 0) is 44.9 Å². The Hall–Kier alpha value is -3.87. The summed E-state index contributed by atoms with van der Waals surface area (Å²) in [5, 5.41) is 16.6. The third-order valence-corrected chi connectivity index (χ3v) is 4.63. The summed E-state index contributed by atoms with van der Waals surface area (Å²) in [5.41, 5.74) is 2.61. The molecule has 13 heteroatoms. The fourth-order valence-corrected chi connectivity index (χ4v) is 3.17. The highest BCUT2D eigenvalue weighted by Gasteiger charge is 2.28. The van der Waals surface area contributed by atoms with Gasteiger partial charge in [-0.15, -0.1) is 16.3 Å². The molecular formula is C21H27N5O7S. The molecule has 4 N–H and O–H groups in total. The first-order valence-electron chi connectivity index (χ1n) is 10.2. The van der Waals surface area contributed by atoms with Crippen LogP contribution in [0, 0.1) is 0 Å². The van der Waals surface area contributed by atoms with Crippen LogP contribution >= 0.6 is 11.3 Å². The van der Waals surface area contributed by atoms with Crippen molar-refractivity contribution in [1.82, 2.24) is 20.7 Å². The molecule has 0 bridgehead atoms. The van der Waals surface area contributed by atoms with E-state index in [1.807, 2.05) is 17.6 Å². The molecular weight excluding hydrogens is 466 g/mol. The Bertz CT molecular complexity index is 1020. The first-order chi connectivity index (χ1) is 15.9. The molecule has 2 rings (SSSR count). The van der Waals surface area contributed by atoms with Gasteiger partial charge in [-0.1, -0.05) is 12.1 Å². The van der Waals surface area contributed by atoms with Crippen molar-refractivity contribution in [2.24, 2.45) is 0 Å². The average molecular weight is 494 g/mol. The minimum Gasteiger partial charge on any atom is -0.487 e. The van der Waals surface area contributed by atoms with Gasteiger partial charge in [0.15, 0.2) is 5.13 Å². The Morgan fingerprint density at radius 3 is 2.41 bits per heavy atom. The number of carbonyl (C=O) groups is 4. The molecule has 0 fully saturated rings. The quantitative estimate of drug-likeness (QED) is 0.427. The minimum absolute atomic E-state index is 0.0776. The van der Waals surface area contributed by atoms with E-state index in [1.165, 1.54) is 18.3 Å². The zero-order chi connectivity index (χ0) is 25.3. The van der Waals surface area contributed by atoms with Gasteiger partial charge in [0.05, 0.1) is 5.69 Å². The molecule has 0 aliphatic heterocycles. The lowest BCUT2D eigenvalue weighted by atomic mass is 10.1. The van der Waals surface area contributed by atoms with Crippen LogP contribution in [0.25, 0.3) is 0 Å². The zero-order valence-electron chi connectivity index (χ0n) is 19.2. The summed E-state index contributed by atoms with van der Waals surface area (Å²) in [6.07, 6.45) is -2.43. The van der Waals surface area contributed by atoms with Gasteiger partial charge < -0.3 is 25.2 Å². The van der Waals surface area contributed by atoms with Crippen LogP contribution in [0.1, 0.15) is 39.0 Å². The molecule has 12 nitrogen and oxygen atoms in total. The van der Waals surface area contributed by atoms with Gasteiger partial charge in [-0.25, -0.2) is 24.8 Å². The highest BCUT2D eigenvalue weighted by molar-refractivity contribution is 7.13. The van der Waals surface area contributed by atoms with Crippen LogP contribution in [0.3, 0.4) is 0 Å². The molecule has 184 valence electrons. The number of benzene rings is 1. The lowest BCUT2D eigenvalue weighted by Gasteiger charge is -2.24. The van der Waals surface area contributed by atoms with Crippen LogP contribution in [0.15, 0.2) is 29.6 Å². The number of anilines is 1. The second kappa shape index (κ2) is 11.8. The molecule has 1 aromatic heterocycles. The molecule has 0 saturated carbocycles. The zero-order valence-corrected chi connectivity index (χ0v) is 20.0. The number of hydrazine groups is 1. The number of carboxylic acid groups (broad SMARTS) is 1. The molecule has 0 radical (unpaired) electrons. The van der Waals surface area contributed by atoms with E-state index >= 15 is 0 Å². The second-order valence-electron chi connectivity index (χ2n) is 7.97. The van der Waals surface area contributed by atoms with E-state index in [0.717, 1.165) is 5.56 Å². The third kappa shape index (κ3) is 9.32. The molecule has 5 amide bonds. The highest BCUT2D eigenvalue weighted by atomic mass is 32.1. The normalized spacial score (nSPS) is 10.7. The standard InChI is InChI=1S/C21H27N5O7S/c1-13(27)23-18-24-15(12-34-18)11-32-16-7-5-14(6-8-16)9-10-22-17(28)25-26(19(29)30)20(31)33-21(2,3)4/h5-8,12H,9-11H2,1-4H3,(H,29,30)(H2,22,25,28)(H,23,24,27). The average Bonchev–Trinajstić information content (AvgIpc) is 3.16. The first-order valence-corrected chi connectivity index (χ1v) is 11.0. The van der Waals surface area contributed by atoms with Crippen molar-refractivity contribution in [2.75, 3.05) is 11.9 Å². The smallest absolute Gasteiger partial charge is 0.439 e. The number of ether oxygens (including phenoxy) is 2. The molecule has 0 aliphatic carbocycles. The predicted molar refractivity (Wildman–Crippen MR) is 124 cm³/mol. The summed E-state index contributed by atoms with van der Waals surface area (Å²) in [5.74, 6) is 0.435. The van der Waals surface area contributed by atoms with E-state index < -0.39 is 23.8 Å². The van der Waals surface area contributed by atoms with E-state index in [1.54, 1.807) is 38.3 Å². The fraction of sp³-hybridized carbons (Fsp3) is 0.381. The van der Waals surface area contributed by atoms with Crippen molar-refractivity contribution in [2.45, 2.75) is 46.3 Å². The third-order valence-electron chi connectivity index (χ3n) is 3.82. The summed E-state index contributed by atoms with van der Waals surface area (Å²) in [7, 11) is 0. The Morgan fingerprint density at radius 2 is 1.82 bits per heavy atom. The van der Waals surface area contributed by atoms with Gasteiger partial charge in [-0.3, -0.25) is 4.79 Å². The number of thiazole rings is 1. The van der Waals surface area contributed by atoms with Crippen molar-refractivity contribution < 1.29 is 33.8 Å². The molecule has 1 heterocycles. The molecule has 0 aliphatic rings. The Morgan fingerprint density at radius 1 is 1.15 bits per heavy atom. The summed E-state index contributed by atoms with van der Waals surface area (Å²) in [6, 6.07) is 6.32. The van der Waals surface area contributed by atoms with Gasteiger partial charge >= 0.3 is 18.2 Å². The van der Waals surface area contributed by atoms with Crippen LogP contribution in [-0.2, 0) is 22.6 Å². The molecule has 0 spiro atoms. The van der Waals surface area contributed by atoms with Crippen LogP contribution in [0.2, 0.25) is 0 Å². The number of imide groups is 1. The van der Waals surface area contributed by atoms with Gasteiger partial charge in [0.2, 0.25) is 5.91 Å². The maximum atomic E-state index is 12.0. The van der Waals surface area contributed by atoms with Crippen LogP contribution in [0.5, 0.6) is 5.75 Å². The number of hydrogen-bond acceptors (Lipinski definition) is 8. The van der Waals surface area contributed by atoms with Gasteiger partial charge in [0.1, 0.15) is 18.0 Å². The summed E-state index contributed by atoms with van der Waals surface area (Å²) >= 11 is 1.31. The molecule has 0 unspecified atom stereocenters. The van der Waals surface area contributed by atoms with E-state index in [2.05, 4.69) is 15.6 Å². The number of carbonyl (C=O) groups excluding carboxylic acids is 3. The number of rotatable bonds is 7. The number of nitrogens with one attached hydrogen (secondary N) is 3. The summed E-state index contributed by atoms with van der Waals surface area (Å²) in [4.78, 5) is 50.4. The Balaban J connectivity index is 1.76. The van der Waals surface area contributed by atoms with Gasteiger partial charge in [0.25, 0.3) is 0 Å². The number of amides is 5. The van der Waals surface area contributed by atoms with Crippen molar-refractivity contribution in [3.63, 3.8) is 0 Å². The predicted octanol–water partition coefficient (Wildman–Crippen LogP) is 3.35. The molecule has 2 aromatic rings. The van der Waals surface area contributed by atoms with E-state index in [0.29, 0.717) is 23.0 Å².